The molecule has 3 atom stereocenters. The van der Waals surface area contributed by atoms with Gasteiger partial charge in [0.2, 0.25) is 10.0 Å². The quantitative estimate of drug-likeness (QED) is 0.855. The number of hydrogen-bond acceptors (Lipinski definition) is 6. The zero-order valence-electron chi connectivity index (χ0n) is 11.4. The zero-order chi connectivity index (χ0) is 14.2. The Bertz CT molecular complexity index is 546. The van der Waals surface area contributed by atoms with Gasteiger partial charge in [0, 0.05) is 36.6 Å². The number of sulfonamides is 1. The fourth-order valence-electron chi connectivity index (χ4n) is 3.14. The van der Waals surface area contributed by atoms with Gasteiger partial charge in [0.1, 0.15) is 5.01 Å². The zero-order valence-corrected chi connectivity index (χ0v) is 13.0. The molecule has 6 nitrogen and oxygen atoms in total. The van der Waals surface area contributed by atoms with E-state index >= 15 is 0 Å². The van der Waals surface area contributed by atoms with Crippen molar-refractivity contribution in [1.82, 2.24) is 14.6 Å². The molecule has 1 N–H and O–H groups in total. The Morgan fingerprint density at radius 2 is 2.35 bits per heavy atom. The van der Waals surface area contributed by atoms with Crippen LogP contribution in [0.3, 0.4) is 0 Å². The van der Waals surface area contributed by atoms with Gasteiger partial charge in [-0.2, -0.15) is 0 Å². The average molecular weight is 317 g/mol. The van der Waals surface area contributed by atoms with Gasteiger partial charge in [0.15, 0.2) is 0 Å². The molecule has 0 bridgehead atoms. The Balaban J connectivity index is 1.65. The number of likely N-dealkylation sites (tertiary alicyclic amines) is 1. The van der Waals surface area contributed by atoms with Crippen molar-refractivity contribution < 1.29 is 13.2 Å². The second kappa shape index (κ2) is 5.69. The molecule has 2 saturated heterocycles. The van der Waals surface area contributed by atoms with Crippen molar-refractivity contribution in [2.75, 3.05) is 32.6 Å². The molecule has 112 valence electrons. The lowest BCUT2D eigenvalue weighted by Crippen LogP contribution is -2.49. The van der Waals surface area contributed by atoms with Crippen LogP contribution in [-0.2, 0) is 21.3 Å². The van der Waals surface area contributed by atoms with E-state index in [0.29, 0.717) is 18.4 Å². The number of thiazole rings is 1. The van der Waals surface area contributed by atoms with Gasteiger partial charge in [-0.1, -0.05) is 0 Å². The van der Waals surface area contributed by atoms with E-state index in [2.05, 4.69) is 14.6 Å². The third-order valence-corrected chi connectivity index (χ3v) is 5.42. The summed E-state index contributed by atoms with van der Waals surface area (Å²) in [5.41, 5.74) is 0. The molecule has 2 fully saturated rings. The lowest BCUT2D eigenvalue weighted by molar-refractivity contribution is 0.0164. The van der Waals surface area contributed by atoms with E-state index in [1.54, 1.807) is 11.3 Å². The van der Waals surface area contributed by atoms with E-state index in [1.807, 2.05) is 11.6 Å². The Morgan fingerprint density at radius 3 is 3.05 bits per heavy atom. The molecule has 0 unspecified atom stereocenters. The minimum Gasteiger partial charge on any atom is -0.379 e. The smallest absolute Gasteiger partial charge is 0.209 e. The van der Waals surface area contributed by atoms with E-state index in [9.17, 15) is 8.42 Å². The summed E-state index contributed by atoms with van der Waals surface area (Å²) in [5, 5.41) is 3.09. The number of nitrogens with one attached hydrogen (secondary N) is 1. The van der Waals surface area contributed by atoms with Crippen LogP contribution in [0.5, 0.6) is 0 Å². The molecule has 0 radical (unpaired) electrons. The molecule has 8 heteroatoms. The van der Waals surface area contributed by atoms with Gasteiger partial charge in [-0.3, -0.25) is 4.90 Å². The SMILES string of the molecule is CS(=O)(=O)N[C@@H]1COC[C@H]2CN(Cc3nccs3)C[C@H]21. The maximum atomic E-state index is 11.4. The predicted molar refractivity (Wildman–Crippen MR) is 77.0 cm³/mol. The van der Waals surface area contributed by atoms with Crippen molar-refractivity contribution in [2.45, 2.75) is 12.6 Å². The lowest BCUT2D eigenvalue weighted by Gasteiger charge is -2.32. The van der Waals surface area contributed by atoms with E-state index in [1.165, 1.54) is 6.26 Å². The fourth-order valence-corrected chi connectivity index (χ4v) is 4.59. The number of fused-ring (bicyclic) bond motifs is 1. The monoisotopic (exact) mass is 317 g/mol. The topological polar surface area (TPSA) is 71.5 Å². The molecular formula is C12H19N3O3S2. The van der Waals surface area contributed by atoms with Gasteiger partial charge in [0.25, 0.3) is 0 Å². The van der Waals surface area contributed by atoms with Gasteiger partial charge in [-0.15, -0.1) is 11.3 Å². The van der Waals surface area contributed by atoms with Crippen molar-refractivity contribution in [1.29, 1.82) is 0 Å². The van der Waals surface area contributed by atoms with Crippen molar-refractivity contribution in [3.8, 4) is 0 Å². The third-order valence-electron chi connectivity index (χ3n) is 3.92. The highest BCUT2D eigenvalue weighted by Gasteiger charge is 2.41. The number of nitrogens with zero attached hydrogens (tertiary/aromatic N) is 2. The van der Waals surface area contributed by atoms with E-state index in [4.69, 9.17) is 4.74 Å². The normalized spacial score (nSPS) is 31.4. The molecule has 3 rings (SSSR count). The number of aromatic nitrogens is 1. The summed E-state index contributed by atoms with van der Waals surface area (Å²) in [6.45, 7) is 3.89. The van der Waals surface area contributed by atoms with Crippen molar-refractivity contribution >= 4 is 21.4 Å². The summed E-state index contributed by atoms with van der Waals surface area (Å²) >= 11 is 1.66. The summed E-state index contributed by atoms with van der Waals surface area (Å²) in [6, 6.07) is -0.106. The first-order chi connectivity index (χ1) is 9.51. The maximum Gasteiger partial charge on any atom is 0.209 e. The van der Waals surface area contributed by atoms with Crippen LogP contribution in [0.4, 0.5) is 0 Å². The van der Waals surface area contributed by atoms with Crippen molar-refractivity contribution in [3.05, 3.63) is 16.6 Å². The first kappa shape index (κ1) is 14.4. The van der Waals surface area contributed by atoms with Crippen LogP contribution in [-0.4, -0.2) is 56.9 Å². The van der Waals surface area contributed by atoms with Gasteiger partial charge < -0.3 is 4.74 Å². The molecule has 0 spiro atoms. The highest BCUT2D eigenvalue weighted by Crippen LogP contribution is 2.31. The van der Waals surface area contributed by atoms with Crippen LogP contribution < -0.4 is 4.72 Å². The molecule has 1 aromatic rings. The molecule has 0 saturated carbocycles. The minimum absolute atomic E-state index is 0.106. The summed E-state index contributed by atoms with van der Waals surface area (Å²) < 4.78 is 31.1. The first-order valence-corrected chi connectivity index (χ1v) is 9.44. The summed E-state index contributed by atoms with van der Waals surface area (Å²) in [7, 11) is -3.19. The first-order valence-electron chi connectivity index (χ1n) is 6.67. The van der Waals surface area contributed by atoms with Crippen LogP contribution in [0.15, 0.2) is 11.6 Å². The average Bonchev–Trinajstić information content (AvgIpc) is 2.97. The molecule has 0 aliphatic carbocycles. The highest BCUT2D eigenvalue weighted by molar-refractivity contribution is 7.88. The minimum atomic E-state index is -3.19. The standard InChI is InChI=1S/C12H19N3O3S2/c1-20(16,17)14-11-8-18-7-9-4-15(5-10(9)11)6-12-13-2-3-19-12/h2-3,9-11,14H,4-8H2,1H3/t9-,10-,11-/m1/s1. The fraction of sp³-hybridized carbons (Fsp3) is 0.750. The maximum absolute atomic E-state index is 11.4. The molecular weight excluding hydrogens is 298 g/mol. The van der Waals surface area contributed by atoms with E-state index in [0.717, 1.165) is 31.2 Å². The second-order valence-electron chi connectivity index (χ2n) is 5.58. The van der Waals surface area contributed by atoms with Gasteiger partial charge in [-0.25, -0.2) is 18.1 Å². The largest absolute Gasteiger partial charge is 0.379 e. The van der Waals surface area contributed by atoms with Crippen LogP contribution in [0.25, 0.3) is 0 Å². The summed E-state index contributed by atoms with van der Waals surface area (Å²) in [6.07, 6.45) is 3.03. The van der Waals surface area contributed by atoms with Crippen molar-refractivity contribution in [3.63, 3.8) is 0 Å². The Labute approximate surface area is 123 Å². The third kappa shape index (κ3) is 3.37. The van der Waals surface area contributed by atoms with E-state index in [-0.39, 0.29) is 6.04 Å². The predicted octanol–water partition coefficient (Wildman–Crippen LogP) is 0.139. The van der Waals surface area contributed by atoms with E-state index < -0.39 is 10.0 Å². The van der Waals surface area contributed by atoms with Crippen LogP contribution >= 0.6 is 11.3 Å². The Kier molecular flexibility index (Phi) is 4.09. The van der Waals surface area contributed by atoms with Gasteiger partial charge in [-0.05, 0) is 5.92 Å². The van der Waals surface area contributed by atoms with Crippen molar-refractivity contribution in [2.24, 2.45) is 11.8 Å². The number of ether oxygens (including phenoxy) is 1. The number of rotatable bonds is 4. The lowest BCUT2D eigenvalue weighted by atomic mass is 9.88. The van der Waals surface area contributed by atoms with Crippen LogP contribution in [0.2, 0.25) is 0 Å². The van der Waals surface area contributed by atoms with Gasteiger partial charge >= 0.3 is 0 Å². The van der Waals surface area contributed by atoms with Crippen LogP contribution in [0.1, 0.15) is 5.01 Å². The Morgan fingerprint density at radius 1 is 1.50 bits per heavy atom. The Hall–Kier alpha value is -0.540. The molecule has 0 aromatic carbocycles. The highest BCUT2D eigenvalue weighted by atomic mass is 32.2. The summed E-state index contributed by atoms with van der Waals surface area (Å²) in [5.74, 6) is 0.737. The molecule has 1 aromatic heterocycles. The van der Waals surface area contributed by atoms with Crippen LogP contribution in [0, 0.1) is 11.8 Å². The van der Waals surface area contributed by atoms with Gasteiger partial charge in [0.05, 0.1) is 26.0 Å². The summed E-state index contributed by atoms with van der Waals surface area (Å²) in [4.78, 5) is 6.66. The molecule has 0 amide bonds. The molecule has 20 heavy (non-hydrogen) atoms. The second-order valence-corrected chi connectivity index (χ2v) is 8.34. The number of hydrogen-bond donors (Lipinski definition) is 1. The molecule has 2 aliphatic heterocycles. The molecule has 3 heterocycles. The molecule has 2 aliphatic rings.